The number of rotatable bonds is 0. The lowest BCUT2D eigenvalue weighted by Gasteiger charge is -1.85. The summed E-state index contributed by atoms with van der Waals surface area (Å²) < 4.78 is 0. The second kappa shape index (κ2) is 4.11. The number of hydrogen-bond acceptors (Lipinski definition) is 2. The summed E-state index contributed by atoms with van der Waals surface area (Å²) in [7, 11) is 0. The predicted molar refractivity (Wildman–Crippen MR) is 66.3 cm³/mol. The van der Waals surface area contributed by atoms with Crippen LogP contribution in [0, 0.1) is 11.8 Å². The lowest BCUT2D eigenvalue weighted by Crippen LogP contribution is -1.77. The first-order chi connectivity index (χ1) is 8.42. The molecule has 17 heavy (non-hydrogen) atoms. The smallest absolute Gasteiger partial charge is 0.141 e. The molecule has 2 heterocycles. The summed E-state index contributed by atoms with van der Waals surface area (Å²) in [5.41, 5.74) is 2.67. The van der Waals surface area contributed by atoms with Crippen LogP contribution in [0.3, 0.4) is 0 Å². The first-order valence-electron chi connectivity index (χ1n) is 5.27. The van der Waals surface area contributed by atoms with Crippen LogP contribution < -0.4 is 0 Å². The number of nitrogens with zero attached hydrogens (tertiary/aromatic N) is 2. The Bertz CT molecular complexity index is 669. The SMILES string of the molecule is C(#Cc1cc2cncnc2[nH]1)c1ccccc1. The first kappa shape index (κ1) is 9.61. The maximum absolute atomic E-state index is 4.12. The Balaban J connectivity index is 1.98. The van der Waals surface area contributed by atoms with Gasteiger partial charge in [0.1, 0.15) is 12.0 Å². The van der Waals surface area contributed by atoms with Gasteiger partial charge in [0.2, 0.25) is 0 Å². The van der Waals surface area contributed by atoms with Gasteiger partial charge in [-0.15, -0.1) is 0 Å². The van der Waals surface area contributed by atoms with Gasteiger partial charge in [-0.25, -0.2) is 9.97 Å². The van der Waals surface area contributed by atoms with Crippen LogP contribution in [0.15, 0.2) is 48.9 Å². The molecule has 3 aromatic rings. The third-order valence-electron chi connectivity index (χ3n) is 2.41. The van der Waals surface area contributed by atoms with Crippen LogP contribution >= 0.6 is 0 Å². The maximum atomic E-state index is 4.12. The summed E-state index contributed by atoms with van der Waals surface area (Å²) in [6.45, 7) is 0. The fourth-order valence-electron chi connectivity index (χ4n) is 1.60. The van der Waals surface area contributed by atoms with Gasteiger partial charge in [-0.1, -0.05) is 24.1 Å². The Morgan fingerprint density at radius 2 is 1.94 bits per heavy atom. The zero-order valence-electron chi connectivity index (χ0n) is 9.01. The van der Waals surface area contributed by atoms with E-state index < -0.39 is 0 Å². The molecule has 3 nitrogen and oxygen atoms in total. The van der Waals surface area contributed by atoms with Gasteiger partial charge >= 0.3 is 0 Å². The van der Waals surface area contributed by atoms with Gasteiger partial charge in [-0.3, -0.25) is 0 Å². The maximum Gasteiger partial charge on any atom is 0.141 e. The molecule has 0 fully saturated rings. The molecule has 0 bridgehead atoms. The molecule has 1 N–H and O–H groups in total. The second-order valence-electron chi connectivity index (χ2n) is 3.63. The highest BCUT2D eigenvalue weighted by molar-refractivity contribution is 5.76. The molecule has 0 saturated heterocycles. The van der Waals surface area contributed by atoms with Gasteiger partial charge in [0.15, 0.2) is 0 Å². The molecule has 3 heteroatoms. The zero-order chi connectivity index (χ0) is 11.5. The normalized spacial score (nSPS) is 9.88. The van der Waals surface area contributed by atoms with Crippen LogP contribution in [0.25, 0.3) is 11.0 Å². The predicted octanol–water partition coefficient (Wildman–Crippen LogP) is 2.36. The fraction of sp³-hybridized carbons (Fsp3) is 0. The average Bonchev–Trinajstić information content (AvgIpc) is 2.80. The molecule has 0 aliphatic rings. The van der Waals surface area contributed by atoms with Gasteiger partial charge in [0.05, 0.1) is 5.69 Å². The Morgan fingerprint density at radius 1 is 1.06 bits per heavy atom. The molecular formula is C14H9N3. The van der Waals surface area contributed by atoms with Gasteiger partial charge in [0.25, 0.3) is 0 Å². The number of H-pyrrole nitrogens is 1. The highest BCUT2D eigenvalue weighted by Gasteiger charge is 1.97. The second-order valence-corrected chi connectivity index (χ2v) is 3.63. The minimum atomic E-state index is 0.817. The van der Waals surface area contributed by atoms with Crippen LogP contribution in [0.1, 0.15) is 11.3 Å². The summed E-state index contributed by atoms with van der Waals surface area (Å²) in [4.78, 5) is 11.2. The third kappa shape index (κ3) is 2.01. The lowest BCUT2D eigenvalue weighted by molar-refractivity contribution is 1.20. The standard InChI is InChI=1S/C14H9N3/c1-2-4-11(5-3-1)6-7-13-8-12-9-15-10-16-14(12)17-13/h1-5,8-10H,(H,15,16,17). The number of aromatic nitrogens is 3. The van der Waals surface area contributed by atoms with Crippen LogP contribution in [-0.2, 0) is 0 Å². The van der Waals surface area contributed by atoms with Crippen molar-refractivity contribution in [3.63, 3.8) is 0 Å². The van der Waals surface area contributed by atoms with E-state index in [2.05, 4.69) is 26.8 Å². The van der Waals surface area contributed by atoms with Crippen LogP contribution in [-0.4, -0.2) is 15.0 Å². The van der Waals surface area contributed by atoms with Crippen molar-refractivity contribution in [2.75, 3.05) is 0 Å². The molecule has 0 aliphatic heterocycles. The zero-order valence-corrected chi connectivity index (χ0v) is 9.01. The van der Waals surface area contributed by atoms with Gasteiger partial charge in [-0.05, 0) is 24.1 Å². The largest absolute Gasteiger partial charge is 0.333 e. The third-order valence-corrected chi connectivity index (χ3v) is 2.41. The minimum Gasteiger partial charge on any atom is -0.333 e. The molecular weight excluding hydrogens is 210 g/mol. The van der Waals surface area contributed by atoms with Crippen LogP contribution in [0.5, 0.6) is 0 Å². The van der Waals surface area contributed by atoms with Crippen LogP contribution in [0.4, 0.5) is 0 Å². The van der Waals surface area contributed by atoms with Crippen molar-refractivity contribution >= 4 is 11.0 Å². The molecule has 80 valence electrons. The van der Waals surface area contributed by atoms with Crippen LogP contribution in [0.2, 0.25) is 0 Å². The Kier molecular flexibility index (Phi) is 2.32. The van der Waals surface area contributed by atoms with Crippen molar-refractivity contribution in [1.29, 1.82) is 0 Å². The summed E-state index contributed by atoms with van der Waals surface area (Å²) in [5.74, 6) is 6.17. The van der Waals surface area contributed by atoms with Crippen molar-refractivity contribution in [2.24, 2.45) is 0 Å². The van der Waals surface area contributed by atoms with Crippen molar-refractivity contribution in [1.82, 2.24) is 15.0 Å². The molecule has 0 amide bonds. The number of nitrogens with one attached hydrogen (secondary N) is 1. The number of hydrogen-bond donors (Lipinski definition) is 1. The Hall–Kier alpha value is -2.60. The average molecular weight is 219 g/mol. The molecule has 0 aliphatic carbocycles. The number of fused-ring (bicyclic) bond motifs is 1. The van der Waals surface area contributed by atoms with E-state index in [1.807, 2.05) is 36.4 Å². The Morgan fingerprint density at radius 3 is 2.76 bits per heavy atom. The first-order valence-corrected chi connectivity index (χ1v) is 5.27. The molecule has 0 radical (unpaired) electrons. The van der Waals surface area contributed by atoms with Crippen molar-refractivity contribution in [2.45, 2.75) is 0 Å². The van der Waals surface area contributed by atoms with E-state index in [-0.39, 0.29) is 0 Å². The minimum absolute atomic E-state index is 0.817. The lowest BCUT2D eigenvalue weighted by atomic mass is 10.2. The molecule has 0 saturated carbocycles. The molecule has 3 rings (SSSR count). The van der Waals surface area contributed by atoms with E-state index in [9.17, 15) is 0 Å². The summed E-state index contributed by atoms with van der Waals surface area (Å²) in [6.07, 6.45) is 3.29. The summed E-state index contributed by atoms with van der Waals surface area (Å²) in [6, 6.07) is 11.8. The fourth-order valence-corrected chi connectivity index (χ4v) is 1.60. The molecule has 2 aromatic heterocycles. The quantitative estimate of drug-likeness (QED) is 0.590. The van der Waals surface area contributed by atoms with Gasteiger partial charge in [0, 0.05) is 17.1 Å². The molecule has 0 atom stereocenters. The number of benzene rings is 1. The van der Waals surface area contributed by atoms with E-state index in [0.29, 0.717) is 0 Å². The van der Waals surface area contributed by atoms with Gasteiger partial charge in [-0.2, -0.15) is 0 Å². The van der Waals surface area contributed by atoms with Crippen molar-refractivity contribution < 1.29 is 0 Å². The van der Waals surface area contributed by atoms with E-state index >= 15 is 0 Å². The van der Waals surface area contributed by atoms with E-state index in [1.54, 1.807) is 6.20 Å². The van der Waals surface area contributed by atoms with Gasteiger partial charge < -0.3 is 4.98 Å². The summed E-state index contributed by atoms with van der Waals surface area (Å²) >= 11 is 0. The molecule has 1 aromatic carbocycles. The van der Waals surface area contributed by atoms with E-state index in [1.165, 1.54) is 6.33 Å². The number of aromatic amines is 1. The van der Waals surface area contributed by atoms with Crippen molar-refractivity contribution in [3.05, 3.63) is 60.2 Å². The van der Waals surface area contributed by atoms with E-state index in [0.717, 1.165) is 22.3 Å². The van der Waals surface area contributed by atoms with Crippen molar-refractivity contribution in [3.8, 4) is 11.8 Å². The highest BCUT2D eigenvalue weighted by atomic mass is 14.9. The topological polar surface area (TPSA) is 41.6 Å². The van der Waals surface area contributed by atoms with E-state index in [4.69, 9.17) is 0 Å². The Labute approximate surface area is 98.5 Å². The highest BCUT2D eigenvalue weighted by Crippen LogP contribution is 2.09. The summed E-state index contributed by atoms with van der Waals surface area (Å²) in [5, 5.41) is 0.977. The monoisotopic (exact) mass is 219 g/mol. The molecule has 0 spiro atoms. The molecule has 0 unspecified atom stereocenters.